The number of nitrogens with zero attached hydrogens (tertiary/aromatic N) is 4. The van der Waals surface area contributed by atoms with Gasteiger partial charge in [0.25, 0.3) is 0 Å². The van der Waals surface area contributed by atoms with E-state index in [4.69, 9.17) is 14.4 Å². The summed E-state index contributed by atoms with van der Waals surface area (Å²) in [5.74, 6) is -0.800. The Balaban J connectivity index is 1.99. The molecule has 7 heteroatoms. The number of aromatic nitrogens is 2. The fourth-order valence-electron chi connectivity index (χ4n) is 1.88. The Morgan fingerprint density at radius 3 is 2.91 bits per heavy atom. The van der Waals surface area contributed by atoms with Crippen molar-refractivity contribution in [3.05, 3.63) is 41.3 Å². The summed E-state index contributed by atoms with van der Waals surface area (Å²) in [6.07, 6.45) is 0.650. The van der Waals surface area contributed by atoms with Crippen LogP contribution < -0.4 is 4.90 Å². The van der Waals surface area contributed by atoms with Gasteiger partial charge in [-0.05, 0) is 25.0 Å². The number of carbonyl (C=O) groups is 1. The van der Waals surface area contributed by atoms with Crippen molar-refractivity contribution in [2.45, 2.75) is 13.3 Å². The maximum absolute atomic E-state index is 11.5. The second kappa shape index (κ2) is 7.22. The van der Waals surface area contributed by atoms with E-state index >= 15 is 0 Å². The maximum Gasteiger partial charge on any atom is 0.396 e. The van der Waals surface area contributed by atoms with Gasteiger partial charge in [-0.15, -0.1) is 0 Å². The van der Waals surface area contributed by atoms with E-state index in [0.717, 1.165) is 5.56 Å². The van der Waals surface area contributed by atoms with Gasteiger partial charge in [0.05, 0.1) is 18.2 Å². The normalized spacial score (nSPS) is 10.0. The number of benzene rings is 1. The Bertz CT molecular complexity index is 690. The molecule has 2 aromatic rings. The van der Waals surface area contributed by atoms with Crippen LogP contribution >= 0.6 is 0 Å². The number of hydrogen-bond acceptors (Lipinski definition) is 7. The third-order valence-corrected chi connectivity index (χ3v) is 3.05. The van der Waals surface area contributed by atoms with Crippen molar-refractivity contribution < 1.29 is 13.9 Å². The van der Waals surface area contributed by atoms with Crippen LogP contribution in [0.5, 0.6) is 0 Å². The van der Waals surface area contributed by atoms with Crippen molar-refractivity contribution in [2.24, 2.45) is 0 Å². The molecule has 2 rings (SSSR count). The fraction of sp³-hybridized carbons (Fsp3) is 0.333. The number of nitriles is 1. The van der Waals surface area contributed by atoms with Crippen molar-refractivity contribution in [1.29, 1.82) is 5.26 Å². The van der Waals surface area contributed by atoms with Crippen LogP contribution in [0.25, 0.3) is 0 Å². The van der Waals surface area contributed by atoms with Crippen LogP contribution in [0.3, 0.4) is 0 Å². The summed E-state index contributed by atoms with van der Waals surface area (Å²) in [6.45, 7) is 2.52. The zero-order valence-electron chi connectivity index (χ0n) is 12.4. The minimum absolute atomic E-state index is 0.166. The van der Waals surface area contributed by atoms with Crippen LogP contribution in [0, 0.1) is 11.3 Å². The third kappa shape index (κ3) is 3.61. The topological polar surface area (TPSA) is 92.2 Å². The zero-order chi connectivity index (χ0) is 15.9. The van der Waals surface area contributed by atoms with Crippen LogP contribution in [0.4, 0.5) is 6.01 Å². The molecule has 0 saturated carbocycles. The number of rotatable bonds is 6. The molecule has 0 atom stereocenters. The Labute approximate surface area is 128 Å². The monoisotopic (exact) mass is 300 g/mol. The quantitative estimate of drug-likeness (QED) is 0.751. The first-order valence-corrected chi connectivity index (χ1v) is 6.85. The predicted molar refractivity (Wildman–Crippen MR) is 78.4 cm³/mol. The molecule has 22 heavy (non-hydrogen) atoms. The Hall–Kier alpha value is -2.88. The Morgan fingerprint density at radius 1 is 1.41 bits per heavy atom. The highest BCUT2D eigenvalue weighted by Gasteiger charge is 2.18. The largest absolute Gasteiger partial charge is 0.459 e. The molecule has 0 aliphatic rings. The standard InChI is InChI=1S/C15H16N4O3/c1-3-21-14(20)13-17-18-15(22-13)19(2)9-8-11-6-4-5-7-12(11)10-16/h4-7H,3,8-9H2,1-2H3. The lowest BCUT2D eigenvalue weighted by Gasteiger charge is -2.13. The van der Waals surface area contributed by atoms with E-state index in [1.807, 2.05) is 18.2 Å². The molecule has 0 fully saturated rings. The number of esters is 1. The zero-order valence-corrected chi connectivity index (χ0v) is 12.4. The molecular formula is C15H16N4O3. The molecule has 114 valence electrons. The van der Waals surface area contributed by atoms with Gasteiger partial charge in [-0.3, -0.25) is 0 Å². The van der Waals surface area contributed by atoms with Gasteiger partial charge in [-0.2, -0.15) is 5.26 Å². The van der Waals surface area contributed by atoms with Gasteiger partial charge in [0.2, 0.25) is 0 Å². The van der Waals surface area contributed by atoms with E-state index in [2.05, 4.69) is 16.3 Å². The van der Waals surface area contributed by atoms with E-state index < -0.39 is 5.97 Å². The second-order valence-corrected chi connectivity index (χ2v) is 4.55. The highest BCUT2D eigenvalue weighted by Crippen LogP contribution is 2.14. The summed E-state index contributed by atoms with van der Waals surface area (Å²) >= 11 is 0. The summed E-state index contributed by atoms with van der Waals surface area (Å²) in [5, 5.41) is 16.5. The SMILES string of the molecule is CCOC(=O)c1nnc(N(C)CCc2ccccc2C#N)o1. The first kappa shape index (κ1) is 15.5. The second-order valence-electron chi connectivity index (χ2n) is 4.55. The highest BCUT2D eigenvalue weighted by atomic mass is 16.5. The van der Waals surface area contributed by atoms with Crippen LogP contribution in [0.15, 0.2) is 28.7 Å². The van der Waals surface area contributed by atoms with Crippen molar-refractivity contribution in [3.8, 4) is 6.07 Å². The molecule has 0 amide bonds. The summed E-state index contributed by atoms with van der Waals surface area (Å²) in [5.41, 5.74) is 1.59. The predicted octanol–water partition coefficient (Wildman–Crippen LogP) is 1.80. The van der Waals surface area contributed by atoms with E-state index in [9.17, 15) is 4.79 Å². The molecule has 0 radical (unpaired) electrons. The van der Waals surface area contributed by atoms with Gasteiger partial charge in [0.15, 0.2) is 0 Å². The molecule has 0 spiro atoms. The van der Waals surface area contributed by atoms with Crippen molar-refractivity contribution >= 4 is 12.0 Å². The van der Waals surface area contributed by atoms with E-state index in [-0.39, 0.29) is 18.5 Å². The number of anilines is 1. The molecule has 0 aliphatic carbocycles. The van der Waals surface area contributed by atoms with Gasteiger partial charge < -0.3 is 14.1 Å². The molecule has 7 nitrogen and oxygen atoms in total. The lowest BCUT2D eigenvalue weighted by Crippen LogP contribution is -2.21. The van der Waals surface area contributed by atoms with Gasteiger partial charge in [-0.25, -0.2) is 4.79 Å². The highest BCUT2D eigenvalue weighted by molar-refractivity contribution is 5.84. The van der Waals surface area contributed by atoms with Gasteiger partial charge in [0.1, 0.15) is 0 Å². The van der Waals surface area contributed by atoms with E-state index in [1.54, 1.807) is 24.9 Å². The molecule has 1 aromatic carbocycles. The molecule has 0 bridgehead atoms. The van der Waals surface area contributed by atoms with Gasteiger partial charge >= 0.3 is 17.9 Å². The average molecular weight is 300 g/mol. The Morgan fingerprint density at radius 2 is 2.18 bits per heavy atom. The maximum atomic E-state index is 11.5. The van der Waals surface area contributed by atoms with Gasteiger partial charge in [-0.1, -0.05) is 28.4 Å². The molecular weight excluding hydrogens is 284 g/mol. The number of carbonyl (C=O) groups excluding carboxylic acids is 1. The Kier molecular flexibility index (Phi) is 5.09. The van der Waals surface area contributed by atoms with Gasteiger partial charge in [0, 0.05) is 13.6 Å². The summed E-state index contributed by atoms with van der Waals surface area (Å²) in [7, 11) is 1.78. The average Bonchev–Trinajstić information content (AvgIpc) is 3.03. The molecule has 1 heterocycles. The van der Waals surface area contributed by atoms with Crippen LogP contribution in [-0.2, 0) is 11.2 Å². The smallest absolute Gasteiger partial charge is 0.396 e. The van der Waals surface area contributed by atoms with Crippen molar-refractivity contribution in [2.75, 3.05) is 25.1 Å². The minimum Gasteiger partial charge on any atom is -0.459 e. The molecule has 0 unspecified atom stereocenters. The number of hydrogen-bond donors (Lipinski definition) is 0. The van der Waals surface area contributed by atoms with Crippen LogP contribution in [0.1, 0.15) is 28.7 Å². The minimum atomic E-state index is -0.635. The summed E-state index contributed by atoms with van der Waals surface area (Å²) in [6, 6.07) is 9.80. The third-order valence-electron chi connectivity index (χ3n) is 3.05. The van der Waals surface area contributed by atoms with Crippen LogP contribution in [-0.4, -0.2) is 36.4 Å². The lowest BCUT2D eigenvalue weighted by atomic mass is 10.1. The van der Waals surface area contributed by atoms with Crippen molar-refractivity contribution in [1.82, 2.24) is 10.2 Å². The first-order valence-electron chi connectivity index (χ1n) is 6.85. The molecule has 0 aliphatic heterocycles. The number of ether oxygens (including phenoxy) is 1. The molecule has 0 N–H and O–H groups in total. The van der Waals surface area contributed by atoms with Crippen molar-refractivity contribution in [3.63, 3.8) is 0 Å². The molecule has 1 aromatic heterocycles. The van der Waals surface area contributed by atoms with E-state index in [0.29, 0.717) is 18.5 Å². The van der Waals surface area contributed by atoms with E-state index in [1.165, 1.54) is 0 Å². The summed E-state index contributed by atoms with van der Waals surface area (Å²) in [4.78, 5) is 13.2. The first-order chi connectivity index (χ1) is 10.7. The number of likely N-dealkylation sites (N-methyl/N-ethyl adjacent to an activating group) is 1. The van der Waals surface area contributed by atoms with Crippen LogP contribution in [0.2, 0.25) is 0 Å². The molecule has 0 saturated heterocycles. The fourth-order valence-corrected chi connectivity index (χ4v) is 1.88. The summed E-state index contributed by atoms with van der Waals surface area (Å²) < 4.78 is 10.1. The lowest BCUT2D eigenvalue weighted by molar-refractivity contribution is 0.0481.